The molecule has 26 heavy (non-hydrogen) atoms. The average Bonchev–Trinajstić information content (AvgIpc) is 3.29. The number of hydrogen-bond donors (Lipinski definition) is 1. The highest BCUT2D eigenvalue weighted by Gasteiger charge is 2.16. The Bertz CT molecular complexity index is 847. The van der Waals surface area contributed by atoms with E-state index >= 15 is 0 Å². The molecule has 0 aliphatic carbocycles. The molecule has 1 N–H and O–H groups in total. The first kappa shape index (κ1) is 18.5. The summed E-state index contributed by atoms with van der Waals surface area (Å²) < 4.78 is 7.40. The second-order valence-corrected chi connectivity index (χ2v) is 7.01. The third kappa shape index (κ3) is 4.68. The minimum absolute atomic E-state index is 0.0597. The molecule has 0 radical (unpaired) electrons. The molecule has 0 spiro atoms. The highest BCUT2D eigenvalue weighted by Crippen LogP contribution is 2.24. The van der Waals surface area contributed by atoms with E-state index in [1.165, 1.54) is 11.8 Å². The molecule has 6 nitrogen and oxygen atoms in total. The molecule has 2 heterocycles. The number of benzene rings is 1. The molecule has 3 rings (SSSR count). The fourth-order valence-electron chi connectivity index (χ4n) is 2.39. The van der Waals surface area contributed by atoms with Crippen molar-refractivity contribution in [3.63, 3.8) is 0 Å². The number of nitrogens with one attached hydrogen (secondary N) is 1. The summed E-state index contributed by atoms with van der Waals surface area (Å²) in [5.74, 6) is 1.56. The van der Waals surface area contributed by atoms with Crippen molar-refractivity contribution < 1.29 is 9.21 Å². The standard InChI is InChI=1S/C18H19ClN4O2S/c1-2-9-23-17(15-4-3-10-25-15)21-22-18(23)26-12-16(24)20-11-13-5-7-14(19)8-6-13/h3-8,10H,2,9,11-12H2,1H3,(H,20,24). The summed E-state index contributed by atoms with van der Waals surface area (Å²) in [4.78, 5) is 12.1. The van der Waals surface area contributed by atoms with Gasteiger partial charge in [0.2, 0.25) is 5.91 Å². The minimum Gasteiger partial charge on any atom is -0.461 e. The fraction of sp³-hybridized carbons (Fsp3) is 0.278. The number of carbonyl (C=O) groups excluding carboxylic acids is 1. The van der Waals surface area contributed by atoms with E-state index < -0.39 is 0 Å². The maximum atomic E-state index is 12.1. The van der Waals surface area contributed by atoms with Gasteiger partial charge in [-0.3, -0.25) is 9.36 Å². The first-order valence-corrected chi connectivity index (χ1v) is 9.64. The number of carbonyl (C=O) groups is 1. The molecular formula is C18H19ClN4O2S. The van der Waals surface area contributed by atoms with Crippen LogP contribution >= 0.6 is 23.4 Å². The minimum atomic E-state index is -0.0597. The fourth-order valence-corrected chi connectivity index (χ4v) is 3.31. The summed E-state index contributed by atoms with van der Waals surface area (Å²) in [5, 5.41) is 12.7. The Balaban J connectivity index is 1.58. The zero-order chi connectivity index (χ0) is 18.4. The number of halogens is 1. The maximum Gasteiger partial charge on any atom is 0.230 e. The van der Waals surface area contributed by atoms with Crippen molar-refractivity contribution >= 4 is 29.3 Å². The van der Waals surface area contributed by atoms with Crippen molar-refractivity contribution in [3.8, 4) is 11.6 Å². The molecule has 1 amide bonds. The molecule has 0 aliphatic rings. The van der Waals surface area contributed by atoms with Crippen LogP contribution in [0.5, 0.6) is 0 Å². The van der Waals surface area contributed by atoms with Gasteiger partial charge >= 0.3 is 0 Å². The third-order valence-electron chi connectivity index (χ3n) is 3.64. The second kappa shape index (κ2) is 8.91. The van der Waals surface area contributed by atoms with Gasteiger partial charge in [0.1, 0.15) is 0 Å². The van der Waals surface area contributed by atoms with Gasteiger partial charge in [0.25, 0.3) is 0 Å². The van der Waals surface area contributed by atoms with E-state index in [-0.39, 0.29) is 11.7 Å². The predicted octanol–water partition coefficient (Wildman–Crippen LogP) is 4.01. The Morgan fingerprint density at radius 1 is 1.27 bits per heavy atom. The van der Waals surface area contributed by atoms with Gasteiger partial charge in [0.15, 0.2) is 16.7 Å². The van der Waals surface area contributed by atoms with Gasteiger partial charge in [-0.25, -0.2) is 0 Å². The number of aromatic nitrogens is 3. The van der Waals surface area contributed by atoms with Gasteiger partial charge in [-0.1, -0.05) is 42.4 Å². The van der Waals surface area contributed by atoms with Crippen LogP contribution in [-0.2, 0) is 17.9 Å². The van der Waals surface area contributed by atoms with Crippen molar-refractivity contribution in [3.05, 3.63) is 53.2 Å². The van der Waals surface area contributed by atoms with E-state index in [1.54, 1.807) is 18.4 Å². The molecule has 0 saturated heterocycles. The van der Waals surface area contributed by atoms with Crippen molar-refractivity contribution in [2.24, 2.45) is 0 Å². The highest BCUT2D eigenvalue weighted by atomic mass is 35.5. The summed E-state index contributed by atoms with van der Waals surface area (Å²) >= 11 is 7.22. The van der Waals surface area contributed by atoms with Crippen molar-refractivity contribution in [2.75, 3.05) is 5.75 Å². The molecule has 0 atom stereocenters. The lowest BCUT2D eigenvalue weighted by molar-refractivity contribution is -0.118. The van der Waals surface area contributed by atoms with Crippen molar-refractivity contribution in [1.82, 2.24) is 20.1 Å². The molecule has 0 aliphatic heterocycles. The predicted molar refractivity (Wildman–Crippen MR) is 102 cm³/mol. The Morgan fingerprint density at radius 2 is 2.08 bits per heavy atom. The Hall–Kier alpha value is -2.25. The Labute approximate surface area is 160 Å². The topological polar surface area (TPSA) is 73.0 Å². The first-order valence-electron chi connectivity index (χ1n) is 8.28. The van der Waals surface area contributed by atoms with Gasteiger partial charge in [0.05, 0.1) is 12.0 Å². The summed E-state index contributed by atoms with van der Waals surface area (Å²) in [7, 11) is 0. The summed E-state index contributed by atoms with van der Waals surface area (Å²) in [6.07, 6.45) is 2.54. The van der Waals surface area contributed by atoms with Gasteiger partial charge < -0.3 is 9.73 Å². The van der Waals surface area contributed by atoms with Crippen LogP contribution in [0.2, 0.25) is 5.02 Å². The van der Waals surface area contributed by atoms with Crippen LogP contribution in [0.15, 0.2) is 52.2 Å². The van der Waals surface area contributed by atoms with Crippen LogP contribution in [0.1, 0.15) is 18.9 Å². The van der Waals surface area contributed by atoms with Gasteiger partial charge in [-0.2, -0.15) is 0 Å². The average molecular weight is 391 g/mol. The van der Waals surface area contributed by atoms with E-state index in [4.69, 9.17) is 16.0 Å². The molecule has 136 valence electrons. The molecule has 3 aromatic rings. The summed E-state index contributed by atoms with van der Waals surface area (Å²) in [6.45, 7) is 3.31. The van der Waals surface area contributed by atoms with Crippen LogP contribution < -0.4 is 5.32 Å². The number of hydrogen-bond acceptors (Lipinski definition) is 5. The molecular weight excluding hydrogens is 372 g/mol. The van der Waals surface area contributed by atoms with Crippen LogP contribution in [0.25, 0.3) is 11.6 Å². The first-order chi connectivity index (χ1) is 12.7. The molecule has 2 aromatic heterocycles. The molecule has 0 bridgehead atoms. The third-order valence-corrected chi connectivity index (χ3v) is 4.86. The lowest BCUT2D eigenvalue weighted by Gasteiger charge is -2.08. The van der Waals surface area contributed by atoms with Crippen molar-refractivity contribution in [2.45, 2.75) is 31.6 Å². The summed E-state index contributed by atoms with van der Waals surface area (Å²) in [5.41, 5.74) is 1.00. The zero-order valence-electron chi connectivity index (χ0n) is 14.3. The molecule has 8 heteroatoms. The lowest BCUT2D eigenvalue weighted by Crippen LogP contribution is -2.24. The number of rotatable bonds is 8. The maximum absolute atomic E-state index is 12.1. The molecule has 0 unspecified atom stereocenters. The van der Waals surface area contributed by atoms with E-state index in [0.717, 1.165) is 18.5 Å². The molecule has 0 saturated carbocycles. The molecule has 1 aromatic carbocycles. The quantitative estimate of drug-likeness (QED) is 0.588. The van der Waals surface area contributed by atoms with E-state index in [0.29, 0.717) is 28.3 Å². The van der Waals surface area contributed by atoms with E-state index in [1.807, 2.05) is 28.8 Å². The molecule has 0 fully saturated rings. The van der Waals surface area contributed by atoms with Crippen LogP contribution in [0, 0.1) is 0 Å². The highest BCUT2D eigenvalue weighted by molar-refractivity contribution is 7.99. The lowest BCUT2D eigenvalue weighted by atomic mass is 10.2. The van der Waals surface area contributed by atoms with Gasteiger partial charge in [0, 0.05) is 18.1 Å². The SMILES string of the molecule is CCCn1c(SCC(=O)NCc2ccc(Cl)cc2)nnc1-c1ccco1. The monoisotopic (exact) mass is 390 g/mol. The summed E-state index contributed by atoms with van der Waals surface area (Å²) in [6, 6.07) is 11.1. The second-order valence-electron chi connectivity index (χ2n) is 5.63. The zero-order valence-corrected chi connectivity index (χ0v) is 15.9. The smallest absolute Gasteiger partial charge is 0.230 e. The van der Waals surface area contributed by atoms with Gasteiger partial charge in [-0.15, -0.1) is 10.2 Å². The Morgan fingerprint density at radius 3 is 2.77 bits per heavy atom. The number of nitrogens with zero attached hydrogens (tertiary/aromatic N) is 3. The van der Waals surface area contributed by atoms with Crippen LogP contribution in [0.4, 0.5) is 0 Å². The van der Waals surface area contributed by atoms with Crippen LogP contribution in [0.3, 0.4) is 0 Å². The van der Waals surface area contributed by atoms with Crippen molar-refractivity contribution in [1.29, 1.82) is 0 Å². The van der Waals surface area contributed by atoms with E-state index in [9.17, 15) is 4.79 Å². The number of furan rings is 1. The Kier molecular flexibility index (Phi) is 6.35. The van der Waals surface area contributed by atoms with Gasteiger partial charge in [-0.05, 0) is 36.2 Å². The van der Waals surface area contributed by atoms with E-state index in [2.05, 4.69) is 22.4 Å². The number of amides is 1. The normalized spacial score (nSPS) is 10.8. The largest absolute Gasteiger partial charge is 0.461 e. The van der Waals surface area contributed by atoms with Crippen LogP contribution in [-0.4, -0.2) is 26.4 Å². The number of thioether (sulfide) groups is 1.